The zero-order chi connectivity index (χ0) is 15.7. The van der Waals surface area contributed by atoms with Crippen molar-refractivity contribution in [2.24, 2.45) is 0 Å². The van der Waals surface area contributed by atoms with E-state index in [4.69, 9.17) is 20.7 Å². The van der Waals surface area contributed by atoms with Crippen LogP contribution in [0.25, 0.3) is 0 Å². The van der Waals surface area contributed by atoms with Gasteiger partial charge in [-0.1, -0.05) is 43.7 Å². The number of hydrogen-bond acceptors (Lipinski definition) is 2. The Balaban J connectivity index is 0.000000491. The van der Waals surface area contributed by atoms with Crippen LogP contribution in [0.2, 0.25) is 0 Å². The molecule has 2 rings (SSSR count). The van der Waals surface area contributed by atoms with Crippen molar-refractivity contribution >= 4 is 5.84 Å². The Labute approximate surface area is 125 Å². The Morgan fingerprint density at radius 2 is 1.95 bits per heavy atom. The Hall–Kier alpha value is -2.11. The highest BCUT2D eigenvalue weighted by Gasteiger charge is 2.25. The largest absolute Gasteiger partial charge is 0.472 e. The van der Waals surface area contributed by atoms with Gasteiger partial charge in [-0.15, -0.1) is 0 Å². The Morgan fingerprint density at radius 1 is 1.33 bits per heavy atom. The van der Waals surface area contributed by atoms with Crippen LogP contribution in [0.15, 0.2) is 30.3 Å². The molecule has 0 aliphatic carbocycles. The first-order chi connectivity index (χ1) is 10.1. The molecule has 1 aliphatic rings. The number of nitrogens with zero attached hydrogens (tertiary/aromatic N) is 2. The van der Waals surface area contributed by atoms with E-state index in [0.29, 0.717) is 5.92 Å². The number of nitrogens with one attached hydrogen (secondary N) is 1. The molecule has 0 aromatic heterocycles. The maximum atomic E-state index is 8.47. The van der Waals surface area contributed by atoms with Crippen LogP contribution in [0.3, 0.4) is 0 Å². The summed E-state index contributed by atoms with van der Waals surface area (Å²) in [7, 11) is 0. The van der Waals surface area contributed by atoms with Crippen molar-refractivity contribution in [2.75, 3.05) is 13.1 Å². The molecular weight excluding hydrogens is 270 g/mol. The van der Waals surface area contributed by atoms with Crippen molar-refractivity contribution in [2.45, 2.75) is 38.5 Å². The van der Waals surface area contributed by atoms with E-state index in [1.54, 1.807) is 0 Å². The molecule has 0 radical (unpaired) electrons. The van der Waals surface area contributed by atoms with Crippen LogP contribution in [-0.2, 0) is 0 Å². The number of likely N-dealkylation sites (tertiary alicyclic amines) is 1. The van der Waals surface area contributed by atoms with Crippen LogP contribution in [0.4, 0.5) is 0 Å². The van der Waals surface area contributed by atoms with E-state index in [1.165, 1.54) is 24.8 Å². The Morgan fingerprint density at radius 3 is 2.52 bits per heavy atom. The molecule has 1 atom stereocenters. The molecule has 3 N–H and O–H groups in total. The number of unbranched alkanes of at least 4 members (excludes halogenated alkanes) is 1. The summed E-state index contributed by atoms with van der Waals surface area (Å²) in [5, 5.41) is 20.9. The van der Waals surface area contributed by atoms with Crippen molar-refractivity contribution in [3.8, 4) is 0 Å². The quantitative estimate of drug-likeness (QED) is 0.744. The van der Waals surface area contributed by atoms with Crippen LogP contribution in [0.5, 0.6) is 0 Å². The zero-order valence-corrected chi connectivity index (χ0v) is 12.4. The van der Waals surface area contributed by atoms with Gasteiger partial charge in [-0.2, -0.15) is 0 Å². The van der Waals surface area contributed by atoms with Gasteiger partial charge in [-0.05, 0) is 24.8 Å². The fraction of sp³-hybridized carbons (Fsp3) is 0.533. The van der Waals surface area contributed by atoms with Gasteiger partial charge in [0.2, 0.25) is 0 Å². The van der Waals surface area contributed by atoms with E-state index in [0.717, 1.165) is 25.3 Å². The van der Waals surface area contributed by atoms with Gasteiger partial charge in [0.25, 0.3) is 0 Å². The van der Waals surface area contributed by atoms with Crippen molar-refractivity contribution in [3.05, 3.63) is 40.8 Å². The lowest BCUT2D eigenvalue weighted by molar-refractivity contribution is -0.969. The minimum atomic E-state index is -1.25. The average Bonchev–Trinajstić information content (AvgIpc) is 2.46. The molecule has 6 heteroatoms. The summed E-state index contributed by atoms with van der Waals surface area (Å²) in [6.07, 6.45) is 4.75. The normalized spacial score (nSPS) is 17.9. The van der Waals surface area contributed by atoms with Crippen LogP contribution in [-0.4, -0.2) is 39.3 Å². The van der Waals surface area contributed by atoms with Crippen LogP contribution < -0.4 is 0 Å². The molecule has 6 nitrogen and oxygen atoms in total. The summed E-state index contributed by atoms with van der Waals surface area (Å²) in [6, 6.07) is 10.5. The van der Waals surface area contributed by atoms with Crippen molar-refractivity contribution in [3.63, 3.8) is 0 Å². The van der Waals surface area contributed by atoms with Crippen LogP contribution in [0.1, 0.15) is 44.1 Å². The second kappa shape index (κ2) is 8.94. The minimum absolute atomic E-state index is 0.321. The standard InChI is InChI=1S/C15H22N2.H2NO3/c1-2-3-11-17-12-7-10-14(15(17)16)13-8-5-4-6-9-13;2-1(3)4/h4-6,8-9,14,16H,2-3,7,10-12H2,1H3;(H2,2,3,4)/q;+1. The fourth-order valence-corrected chi connectivity index (χ4v) is 2.55. The first kappa shape index (κ1) is 16.9. The molecule has 0 amide bonds. The van der Waals surface area contributed by atoms with Gasteiger partial charge in [-0.25, -0.2) is 10.4 Å². The fourth-order valence-electron chi connectivity index (χ4n) is 2.55. The number of hydrogen-bond donors (Lipinski definition) is 3. The third kappa shape index (κ3) is 5.81. The van der Waals surface area contributed by atoms with Gasteiger partial charge < -0.3 is 4.90 Å². The summed E-state index contributed by atoms with van der Waals surface area (Å²) >= 11 is 0. The molecule has 1 heterocycles. The summed E-state index contributed by atoms with van der Waals surface area (Å²) in [4.78, 5) is 10.7. The lowest BCUT2D eigenvalue weighted by Crippen LogP contribution is -2.40. The summed E-state index contributed by atoms with van der Waals surface area (Å²) in [6.45, 7) is 4.34. The minimum Gasteiger partial charge on any atom is -0.360 e. The highest BCUT2D eigenvalue weighted by Crippen LogP contribution is 2.28. The molecule has 1 fully saturated rings. The SMILES string of the molecule is CCCCN1CCCC(c2ccccc2)C1=N.O=[N+](O)O. The van der Waals surface area contributed by atoms with Gasteiger partial charge in [0.05, 0.1) is 0 Å². The zero-order valence-electron chi connectivity index (χ0n) is 12.4. The van der Waals surface area contributed by atoms with Crippen molar-refractivity contribution < 1.29 is 15.5 Å². The number of amidine groups is 1. The van der Waals surface area contributed by atoms with Gasteiger partial charge in [0, 0.05) is 19.0 Å². The highest BCUT2D eigenvalue weighted by atomic mass is 16.9. The molecule has 1 unspecified atom stereocenters. The topological polar surface area (TPSA) is 87.6 Å². The average molecular weight is 294 g/mol. The molecule has 1 saturated heterocycles. The smallest absolute Gasteiger partial charge is 0.360 e. The molecule has 0 bridgehead atoms. The van der Waals surface area contributed by atoms with Gasteiger partial charge in [-0.3, -0.25) is 5.41 Å². The van der Waals surface area contributed by atoms with Crippen molar-refractivity contribution in [1.82, 2.24) is 4.90 Å². The van der Waals surface area contributed by atoms with E-state index in [2.05, 4.69) is 36.1 Å². The van der Waals surface area contributed by atoms with Gasteiger partial charge in [0.1, 0.15) is 10.7 Å². The maximum Gasteiger partial charge on any atom is 0.472 e. The number of rotatable bonds is 4. The van der Waals surface area contributed by atoms with Crippen LogP contribution >= 0.6 is 0 Å². The monoisotopic (exact) mass is 294 g/mol. The van der Waals surface area contributed by atoms with Crippen molar-refractivity contribution in [1.29, 1.82) is 5.41 Å². The lowest BCUT2D eigenvalue weighted by Gasteiger charge is -2.35. The first-order valence-corrected chi connectivity index (χ1v) is 7.29. The Kier molecular flexibility index (Phi) is 7.21. The van der Waals surface area contributed by atoms with Gasteiger partial charge in [0.15, 0.2) is 0 Å². The van der Waals surface area contributed by atoms with E-state index in [9.17, 15) is 0 Å². The molecule has 1 aromatic rings. The predicted octanol–water partition coefficient (Wildman–Crippen LogP) is 3.19. The molecule has 116 valence electrons. The Bertz CT molecular complexity index is 447. The summed E-state index contributed by atoms with van der Waals surface area (Å²) in [5.41, 5.74) is 1.30. The predicted molar refractivity (Wildman–Crippen MR) is 79.8 cm³/mol. The molecule has 21 heavy (non-hydrogen) atoms. The van der Waals surface area contributed by atoms with E-state index in [1.807, 2.05) is 6.07 Å². The first-order valence-electron chi connectivity index (χ1n) is 7.29. The third-order valence-corrected chi connectivity index (χ3v) is 3.58. The second-order valence-corrected chi connectivity index (χ2v) is 5.08. The van der Waals surface area contributed by atoms with E-state index < -0.39 is 5.09 Å². The van der Waals surface area contributed by atoms with E-state index in [-0.39, 0.29) is 0 Å². The van der Waals surface area contributed by atoms with Gasteiger partial charge >= 0.3 is 5.09 Å². The second-order valence-electron chi connectivity index (χ2n) is 5.08. The third-order valence-electron chi connectivity index (χ3n) is 3.58. The highest BCUT2D eigenvalue weighted by molar-refractivity contribution is 5.87. The molecule has 0 spiro atoms. The lowest BCUT2D eigenvalue weighted by atomic mass is 9.89. The molecular formula is C15H24N3O3+. The van der Waals surface area contributed by atoms with E-state index >= 15 is 0 Å². The molecule has 0 saturated carbocycles. The number of piperidine rings is 1. The van der Waals surface area contributed by atoms with Crippen LogP contribution in [0, 0.1) is 10.3 Å². The summed E-state index contributed by atoms with van der Waals surface area (Å²) < 4.78 is 0. The molecule has 1 aromatic carbocycles. The number of benzene rings is 1. The summed E-state index contributed by atoms with van der Waals surface area (Å²) in [5.74, 6) is 1.15. The maximum absolute atomic E-state index is 8.47. The molecule has 1 aliphatic heterocycles.